The Hall–Kier alpha value is -1.50. The van der Waals surface area contributed by atoms with Crippen LogP contribution in [-0.2, 0) is 0 Å². The van der Waals surface area contributed by atoms with Crippen LogP contribution in [0.5, 0.6) is 0 Å². The second-order valence-electron chi connectivity index (χ2n) is 2.98. The van der Waals surface area contributed by atoms with E-state index in [0.717, 1.165) is 5.56 Å². The summed E-state index contributed by atoms with van der Waals surface area (Å²) in [5.41, 5.74) is 0.873. The largest absolute Gasteiger partial charge is 0.470 e. The number of alkyl halides is 3. The maximum atomic E-state index is 12.3. The Morgan fingerprint density at radius 2 is 1.71 bits per heavy atom. The van der Waals surface area contributed by atoms with Crippen molar-refractivity contribution in [3.8, 4) is 0 Å². The smallest absolute Gasteiger partial charge is 0.298 e. The molecule has 0 aliphatic heterocycles. The zero-order valence-corrected chi connectivity index (χ0v) is 7.47. The van der Waals surface area contributed by atoms with Gasteiger partial charge in [-0.25, -0.2) is 6.57 Å². The minimum atomic E-state index is -4.49. The van der Waals surface area contributed by atoms with Crippen molar-refractivity contribution in [1.29, 1.82) is 0 Å². The van der Waals surface area contributed by atoms with Gasteiger partial charge in [-0.1, -0.05) is 29.8 Å². The van der Waals surface area contributed by atoms with Crippen LogP contribution in [0.2, 0.25) is 0 Å². The standard InChI is InChI=1S/C10H8F3N/c1-7-3-5-8(6-4-7)9(14-2)10(11,12)13/h3-6,9H,1H3. The van der Waals surface area contributed by atoms with Crippen molar-refractivity contribution in [2.45, 2.75) is 19.1 Å². The fraction of sp³-hybridized carbons (Fsp3) is 0.300. The predicted molar refractivity (Wildman–Crippen MR) is 46.6 cm³/mol. The molecule has 0 bridgehead atoms. The Labute approximate surface area is 80.0 Å². The summed E-state index contributed by atoms with van der Waals surface area (Å²) in [5.74, 6) is 0. The fourth-order valence-electron chi connectivity index (χ4n) is 1.09. The molecule has 1 aromatic carbocycles. The summed E-state index contributed by atoms with van der Waals surface area (Å²) in [4.78, 5) is 2.58. The van der Waals surface area contributed by atoms with E-state index in [-0.39, 0.29) is 5.56 Å². The molecule has 0 aromatic heterocycles. The molecule has 0 N–H and O–H groups in total. The number of aryl methyl sites for hydroxylation is 1. The number of rotatable bonds is 1. The Morgan fingerprint density at radius 1 is 1.21 bits per heavy atom. The molecule has 0 radical (unpaired) electrons. The number of hydrogen-bond donors (Lipinski definition) is 0. The van der Waals surface area contributed by atoms with Crippen molar-refractivity contribution < 1.29 is 13.2 Å². The van der Waals surface area contributed by atoms with Gasteiger partial charge in [0.2, 0.25) is 0 Å². The van der Waals surface area contributed by atoms with Crippen LogP contribution in [0.4, 0.5) is 13.2 Å². The highest BCUT2D eigenvalue weighted by atomic mass is 19.4. The summed E-state index contributed by atoms with van der Waals surface area (Å²) < 4.78 is 36.9. The maximum Gasteiger partial charge on any atom is 0.470 e. The molecule has 0 heterocycles. The number of halogens is 3. The van der Waals surface area contributed by atoms with E-state index in [1.165, 1.54) is 12.1 Å². The highest BCUT2D eigenvalue weighted by Gasteiger charge is 2.46. The maximum absolute atomic E-state index is 12.3. The Kier molecular flexibility index (Phi) is 2.80. The molecule has 0 aliphatic carbocycles. The van der Waals surface area contributed by atoms with Gasteiger partial charge < -0.3 is 0 Å². The summed E-state index contributed by atoms with van der Waals surface area (Å²) >= 11 is 0. The molecule has 0 aliphatic rings. The summed E-state index contributed by atoms with van der Waals surface area (Å²) in [6.45, 7) is 8.29. The van der Waals surface area contributed by atoms with Crippen LogP contribution >= 0.6 is 0 Å². The van der Waals surface area contributed by atoms with E-state index in [4.69, 9.17) is 6.57 Å². The van der Waals surface area contributed by atoms with Crippen LogP contribution in [0, 0.1) is 13.5 Å². The topological polar surface area (TPSA) is 4.36 Å². The third kappa shape index (κ3) is 2.25. The molecule has 1 aromatic rings. The SMILES string of the molecule is [C-]#[N+]C(c1ccc(C)cc1)C(F)(F)F. The molecule has 1 atom stereocenters. The van der Waals surface area contributed by atoms with E-state index >= 15 is 0 Å². The van der Waals surface area contributed by atoms with E-state index in [1.807, 2.05) is 0 Å². The normalized spacial score (nSPS) is 13.4. The van der Waals surface area contributed by atoms with Crippen LogP contribution in [0.15, 0.2) is 24.3 Å². The average molecular weight is 199 g/mol. The van der Waals surface area contributed by atoms with Crippen LogP contribution < -0.4 is 0 Å². The quantitative estimate of drug-likeness (QED) is 0.609. The molecule has 74 valence electrons. The zero-order chi connectivity index (χ0) is 10.8. The lowest BCUT2D eigenvalue weighted by Gasteiger charge is -2.09. The van der Waals surface area contributed by atoms with E-state index in [2.05, 4.69) is 4.85 Å². The van der Waals surface area contributed by atoms with Crippen molar-refractivity contribution in [2.75, 3.05) is 0 Å². The first kappa shape index (κ1) is 10.6. The summed E-state index contributed by atoms with van der Waals surface area (Å²) in [6.07, 6.45) is -4.49. The summed E-state index contributed by atoms with van der Waals surface area (Å²) in [6, 6.07) is 3.78. The number of hydrogen-bond acceptors (Lipinski definition) is 0. The van der Waals surface area contributed by atoms with Gasteiger partial charge in [-0.05, 0) is 6.92 Å². The summed E-state index contributed by atoms with van der Waals surface area (Å²) in [5, 5.41) is 0. The summed E-state index contributed by atoms with van der Waals surface area (Å²) in [7, 11) is 0. The Morgan fingerprint density at radius 3 is 2.07 bits per heavy atom. The van der Waals surface area contributed by atoms with Crippen LogP contribution in [-0.4, -0.2) is 6.18 Å². The molecule has 0 saturated carbocycles. The molecule has 1 unspecified atom stereocenters. The minimum Gasteiger partial charge on any atom is -0.298 e. The lowest BCUT2D eigenvalue weighted by atomic mass is 10.1. The van der Waals surface area contributed by atoms with Gasteiger partial charge in [0.25, 0.3) is 0 Å². The van der Waals surface area contributed by atoms with Gasteiger partial charge in [-0.3, -0.25) is 4.85 Å². The van der Waals surface area contributed by atoms with Gasteiger partial charge in [0, 0.05) is 5.56 Å². The average Bonchev–Trinajstić information content (AvgIpc) is 2.07. The van der Waals surface area contributed by atoms with Gasteiger partial charge in [-0.15, -0.1) is 0 Å². The van der Waals surface area contributed by atoms with Crippen LogP contribution in [0.1, 0.15) is 17.2 Å². The molecule has 0 saturated heterocycles. The monoisotopic (exact) mass is 199 g/mol. The molecule has 0 spiro atoms. The Bertz CT molecular complexity index is 345. The minimum absolute atomic E-state index is 0.00176. The zero-order valence-electron chi connectivity index (χ0n) is 7.47. The molecule has 4 heteroatoms. The van der Waals surface area contributed by atoms with Crippen molar-refractivity contribution in [2.24, 2.45) is 0 Å². The van der Waals surface area contributed by atoms with Crippen molar-refractivity contribution in [3.63, 3.8) is 0 Å². The van der Waals surface area contributed by atoms with E-state index < -0.39 is 12.2 Å². The number of nitrogens with zero attached hydrogens (tertiary/aromatic N) is 1. The van der Waals surface area contributed by atoms with Crippen LogP contribution in [0.3, 0.4) is 0 Å². The molecule has 0 amide bonds. The molecule has 0 fully saturated rings. The molecular weight excluding hydrogens is 191 g/mol. The first-order valence-corrected chi connectivity index (χ1v) is 3.95. The number of benzene rings is 1. The van der Waals surface area contributed by atoms with Crippen LogP contribution in [0.25, 0.3) is 4.85 Å². The lowest BCUT2D eigenvalue weighted by Crippen LogP contribution is -2.17. The first-order chi connectivity index (χ1) is 6.45. The van der Waals surface area contributed by atoms with Crippen molar-refractivity contribution in [1.82, 2.24) is 0 Å². The van der Waals surface area contributed by atoms with Gasteiger partial charge >= 0.3 is 12.2 Å². The van der Waals surface area contributed by atoms with Crippen molar-refractivity contribution in [3.05, 3.63) is 46.8 Å². The van der Waals surface area contributed by atoms with Crippen molar-refractivity contribution >= 4 is 0 Å². The lowest BCUT2D eigenvalue weighted by molar-refractivity contribution is -0.140. The second kappa shape index (κ2) is 3.70. The Balaban J connectivity index is 3.04. The fourth-order valence-corrected chi connectivity index (χ4v) is 1.09. The van der Waals surface area contributed by atoms with E-state index in [1.54, 1.807) is 19.1 Å². The van der Waals surface area contributed by atoms with Gasteiger partial charge in [-0.2, -0.15) is 13.2 Å². The molecular formula is C10H8F3N. The third-order valence-corrected chi connectivity index (χ3v) is 1.83. The van der Waals surface area contributed by atoms with E-state index in [9.17, 15) is 13.2 Å². The molecule has 14 heavy (non-hydrogen) atoms. The molecule has 1 nitrogen and oxygen atoms in total. The van der Waals surface area contributed by atoms with Gasteiger partial charge in [0.1, 0.15) is 0 Å². The predicted octanol–water partition coefficient (Wildman–Crippen LogP) is 3.52. The van der Waals surface area contributed by atoms with Gasteiger partial charge in [0.05, 0.1) is 0 Å². The second-order valence-corrected chi connectivity index (χ2v) is 2.98. The molecule has 1 rings (SSSR count). The highest BCUT2D eigenvalue weighted by molar-refractivity contribution is 5.27. The first-order valence-electron chi connectivity index (χ1n) is 3.95. The van der Waals surface area contributed by atoms with E-state index in [0.29, 0.717) is 0 Å². The highest BCUT2D eigenvalue weighted by Crippen LogP contribution is 2.35. The van der Waals surface area contributed by atoms with Gasteiger partial charge in [0.15, 0.2) is 0 Å². The third-order valence-electron chi connectivity index (χ3n) is 1.83.